The SMILES string of the molecule is CC(=O)/C=C(/C)O.Cc1cc(F)cc(C)c1-c1ccc2c(c1)ncc1c(-c3[c-]c4ccccc4c(C(C)(C)C)c3)nccc12.[Ir]. The van der Waals surface area contributed by atoms with Gasteiger partial charge in [-0.3, -0.25) is 14.8 Å². The van der Waals surface area contributed by atoms with Crippen LogP contribution in [0.15, 0.2) is 91.0 Å². The van der Waals surface area contributed by atoms with E-state index in [9.17, 15) is 9.18 Å². The van der Waals surface area contributed by atoms with E-state index in [0.29, 0.717) is 0 Å². The van der Waals surface area contributed by atoms with Crippen LogP contribution in [0.2, 0.25) is 0 Å². The molecule has 4 aromatic carbocycles. The summed E-state index contributed by atoms with van der Waals surface area (Å²) in [6, 6.07) is 25.8. The maximum absolute atomic E-state index is 13.9. The van der Waals surface area contributed by atoms with Crippen LogP contribution < -0.4 is 0 Å². The van der Waals surface area contributed by atoms with Gasteiger partial charge >= 0.3 is 0 Å². The van der Waals surface area contributed by atoms with Gasteiger partial charge in [-0.15, -0.1) is 29.1 Å². The van der Waals surface area contributed by atoms with Crippen LogP contribution >= 0.6 is 0 Å². The summed E-state index contributed by atoms with van der Waals surface area (Å²) in [5.74, 6) is -0.267. The molecule has 2 heterocycles. The minimum Gasteiger partial charge on any atom is -0.512 e. The Labute approximate surface area is 277 Å². The molecule has 45 heavy (non-hydrogen) atoms. The predicted molar refractivity (Wildman–Crippen MR) is 179 cm³/mol. The molecule has 0 unspecified atom stereocenters. The number of allylic oxidation sites excluding steroid dienone is 2. The monoisotopic (exact) mass is 776 g/mol. The second-order valence-electron chi connectivity index (χ2n) is 12.3. The third-order valence-electron chi connectivity index (χ3n) is 7.65. The van der Waals surface area contributed by atoms with E-state index < -0.39 is 0 Å². The molecule has 6 aromatic rings. The van der Waals surface area contributed by atoms with Crippen LogP contribution in [0.1, 0.15) is 51.3 Å². The first-order valence-electron chi connectivity index (χ1n) is 14.6. The van der Waals surface area contributed by atoms with E-state index in [-0.39, 0.29) is 42.9 Å². The number of ketones is 1. The topological polar surface area (TPSA) is 63.1 Å². The van der Waals surface area contributed by atoms with E-state index in [2.05, 4.69) is 81.4 Å². The van der Waals surface area contributed by atoms with Crippen molar-refractivity contribution in [1.29, 1.82) is 0 Å². The zero-order valence-corrected chi connectivity index (χ0v) is 28.9. The summed E-state index contributed by atoms with van der Waals surface area (Å²) in [5.41, 5.74) is 7.97. The van der Waals surface area contributed by atoms with Crippen LogP contribution in [-0.2, 0) is 30.3 Å². The van der Waals surface area contributed by atoms with Gasteiger partial charge in [0.05, 0.1) is 11.3 Å². The number of carbonyl (C=O) groups excluding carboxylic acids is 1. The number of hydrogen-bond acceptors (Lipinski definition) is 4. The number of hydrogen-bond donors (Lipinski definition) is 1. The molecule has 0 spiro atoms. The summed E-state index contributed by atoms with van der Waals surface area (Å²) in [5, 5.41) is 13.9. The Morgan fingerprint density at radius 1 is 0.867 bits per heavy atom. The average molecular weight is 776 g/mol. The third-order valence-corrected chi connectivity index (χ3v) is 7.65. The number of rotatable bonds is 3. The molecule has 0 saturated heterocycles. The van der Waals surface area contributed by atoms with E-state index >= 15 is 0 Å². The third kappa shape index (κ3) is 7.19. The summed E-state index contributed by atoms with van der Waals surface area (Å²) >= 11 is 0. The molecule has 231 valence electrons. The van der Waals surface area contributed by atoms with Crippen LogP contribution in [0.5, 0.6) is 0 Å². The van der Waals surface area contributed by atoms with Crippen molar-refractivity contribution < 1.29 is 34.4 Å². The van der Waals surface area contributed by atoms with Crippen molar-refractivity contribution in [1.82, 2.24) is 9.97 Å². The van der Waals surface area contributed by atoms with Crippen molar-refractivity contribution in [2.45, 2.75) is 53.9 Å². The summed E-state index contributed by atoms with van der Waals surface area (Å²) < 4.78 is 13.9. The van der Waals surface area contributed by atoms with Crippen molar-refractivity contribution in [3.05, 3.63) is 120 Å². The summed E-state index contributed by atoms with van der Waals surface area (Å²) in [6.45, 7) is 13.5. The molecule has 0 aliphatic carbocycles. The van der Waals surface area contributed by atoms with Crippen LogP contribution in [0.3, 0.4) is 0 Å². The van der Waals surface area contributed by atoms with Crippen LogP contribution in [0.25, 0.3) is 54.8 Å². The van der Waals surface area contributed by atoms with Crippen LogP contribution in [0.4, 0.5) is 4.39 Å². The van der Waals surface area contributed by atoms with Gasteiger partial charge in [0.15, 0.2) is 5.78 Å². The molecule has 4 nitrogen and oxygen atoms in total. The smallest absolute Gasteiger partial charge is 0.155 e. The van der Waals surface area contributed by atoms with Crippen LogP contribution in [0, 0.1) is 25.7 Å². The molecular formula is C39H36FIrN2O2-. The molecule has 0 fully saturated rings. The van der Waals surface area contributed by atoms with Gasteiger partial charge in [-0.25, -0.2) is 4.39 Å². The number of aryl methyl sites for hydroxylation is 2. The molecule has 6 rings (SSSR count). The first-order chi connectivity index (χ1) is 20.8. The number of aromatic nitrogens is 2. The van der Waals surface area contributed by atoms with Crippen molar-refractivity contribution in [3.63, 3.8) is 0 Å². The van der Waals surface area contributed by atoms with E-state index in [1.807, 2.05) is 26.2 Å². The molecule has 0 saturated carbocycles. The molecule has 0 aliphatic heterocycles. The molecule has 0 amide bonds. The molecule has 1 radical (unpaired) electrons. The Morgan fingerprint density at radius 2 is 1.56 bits per heavy atom. The Kier molecular flexibility index (Phi) is 10.0. The van der Waals surface area contributed by atoms with E-state index in [1.54, 1.807) is 12.1 Å². The van der Waals surface area contributed by atoms with Crippen LogP contribution in [-0.4, -0.2) is 20.9 Å². The fourth-order valence-corrected chi connectivity index (χ4v) is 5.85. The van der Waals surface area contributed by atoms with E-state index in [1.165, 1.54) is 30.9 Å². The van der Waals surface area contributed by atoms with Gasteiger partial charge in [-0.2, -0.15) is 0 Å². The Morgan fingerprint density at radius 3 is 2.18 bits per heavy atom. The van der Waals surface area contributed by atoms with Gasteiger partial charge in [0.2, 0.25) is 0 Å². The maximum atomic E-state index is 13.9. The number of carbonyl (C=O) groups is 1. The van der Waals surface area contributed by atoms with Gasteiger partial charge in [0.25, 0.3) is 0 Å². The fourth-order valence-electron chi connectivity index (χ4n) is 5.85. The molecule has 0 atom stereocenters. The largest absolute Gasteiger partial charge is 0.512 e. The van der Waals surface area contributed by atoms with Crippen molar-refractivity contribution in [2.24, 2.45) is 0 Å². The number of aliphatic hydroxyl groups excluding tert-OH is 1. The Bertz CT molecular complexity index is 2070. The molecule has 0 bridgehead atoms. The van der Waals surface area contributed by atoms with E-state index in [0.717, 1.165) is 60.6 Å². The standard InChI is InChI=1S/C34H28FN2.C5H8O2.Ir/c1-20-14-25(35)15-21(2)32(20)23-10-11-28-27-12-13-36-33(29(27)19-37-31(28)18-23)24-16-22-8-6-7-9-26(22)30(17-24)34(3,4)5;1-4(6)3-5(2)7;/h6-15,17-19H,1-5H3;3,6H,1-2H3;/q-1;;/b;4-3-;. The minimum atomic E-state index is -0.205. The number of benzene rings is 4. The minimum absolute atomic E-state index is 0. The number of halogens is 1. The molecule has 0 aliphatic rings. The zero-order chi connectivity index (χ0) is 31.8. The summed E-state index contributed by atoms with van der Waals surface area (Å²) in [7, 11) is 0. The second-order valence-corrected chi connectivity index (χ2v) is 12.3. The number of aliphatic hydroxyl groups is 1. The van der Waals surface area contributed by atoms with Gasteiger partial charge in [-0.1, -0.05) is 62.1 Å². The first-order valence-corrected chi connectivity index (χ1v) is 14.6. The molecule has 6 heteroatoms. The summed E-state index contributed by atoms with van der Waals surface area (Å²) in [4.78, 5) is 19.7. The second kappa shape index (κ2) is 13.4. The Hall–Kier alpha value is -4.25. The quantitative estimate of drug-likeness (QED) is 0.0842. The molecule has 1 N–H and O–H groups in total. The summed E-state index contributed by atoms with van der Waals surface area (Å²) in [6.07, 6.45) is 4.97. The van der Waals surface area contributed by atoms with Gasteiger partial charge in [-0.05, 0) is 90.4 Å². The molecular weight excluding hydrogens is 740 g/mol. The fraction of sp³-hybridized carbons (Fsp3) is 0.205. The number of pyridine rings is 2. The normalized spacial score (nSPS) is 11.7. The number of fused-ring (bicyclic) bond motifs is 4. The van der Waals surface area contributed by atoms with Crippen molar-refractivity contribution in [2.75, 3.05) is 0 Å². The van der Waals surface area contributed by atoms with Gasteiger partial charge < -0.3 is 5.11 Å². The van der Waals surface area contributed by atoms with Gasteiger partial charge in [0.1, 0.15) is 5.82 Å². The number of nitrogens with zero attached hydrogens (tertiary/aromatic N) is 2. The predicted octanol–water partition coefficient (Wildman–Crippen LogP) is 10.2. The van der Waals surface area contributed by atoms with Gasteiger partial charge in [0, 0.05) is 49.7 Å². The first kappa shape index (κ1) is 33.6. The Balaban J connectivity index is 0.000000519. The molecule has 2 aromatic heterocycles. The van der Waals surface area contributed by atoms with E-state index in [4.69, 9.17) is 15.1 Å². The maximum Gasteiger partial charge on any atom is 0.155 e. The average Bonchev–Trinajstić information content (AvgIpc) is 2.94. The van der Waals surface area contributed by atoms with Crippen molar-refractivity contribution in [3.8, 4) is 22.4 Å². The zero-order valence-electron chi connectivity index (χ0n) is 26.5. The van der Waals surface area contributed by atoms with Crippen molar-refractivity contribution >= 4 is 38.2 Å².